The van der Waals surface area contributed by atoms with Crippen molar-refractivity contribution in [2.24, 2.45) is 45.8 Å². The minimum atomic E-state index is -5.12. The number of fused-ring (bicyclic) bond motifs is 1. The fourth-order valence-electron chi connectivity index (χ4n) is 7.52. The Morgan fingerprint density at radius 3 is 2.39 bits per heavy atom. The van der Waals surface area contributed by atoms with Gasteiger partial charge < -0.3 is 4.90 Å². The number of piperidine rings is 1. The minimum absolute atomic E-state index is 0.110. The monoisotopic (exact) mass is 724 g/mol. The fraction of sp³-hybridized carbons (Fsp3) is 0.875. The number of amides is 1. The van der Waals surface area contributed by atoms with Gasteiger partial charge in [0.2, 0.25) is 11.7 Å². The maximum atomic E-state index is 15.2. The minimum Gasteiger partial charge on any atom is -0.332 e. The molecule has 0 N–H and O–H groups in total. The average molecular weight is 724 g/mol. The van der Waals surface area contributed by atoms with E-state index in [-0.39, 0.29) is 18.9 Å². The van der Waals surface area contributed by atoms with Crippen molar-refractivity contribution >= 4 is 38.9 Å². The zero-order valence-electron chi connectivity index (χ0n) is 49.2. The van der Waals surface area contributed by atoms with Crippen LogP contribution in [0.2, 0.25) is 0 Å². The van der Waals surface area contributed by atoms with E-state index in [1.165, 1.54) is 0 Å². The molecule has 1 amide bonds. The third-order valence-corrected chi connectivity index (χ3v) is 13.4. The topological polar surface area (TPSA) is 123 Å². The van der Waals surface area contributed by atoms with Crippen molar-refractivity contribution in [1.82, 2.24) is 4.90 Å². The number of hydrogen-bond donors (Lipinski definition) is 0. The van der Waals surface area contributed by atoms with Gasteiger partial charge in [-0.3, -0.25) is 24.0 Å². The Labute approximate surface area is 324 Å². The van der Waals surface area contributed by atoms with Gasteiger partial charge in [-0.15, -0.1) is 0 Å². The van der Waals surface area contributed by atoms with E-state index in [1.54, 1.807) is 13.8 Å². The summed E-state index contributed by atoms with van der Waals surface area (Å²) >= 11 is 0. The van der Waals surface area contributed by atoms with E-state index >= 15 is 4.79 Å². The summed E-state index contributed by atoms with van der Waals surface area (Å²) in [5, 5.41) is 0. The van der Waals surface area contributed by atoms with Crippen LogP contribution >= 0.6 is 0 Å². The summed E-state index contributed by atoms with van der Waals surface area (Å²) < 4.78 is 192. The molecule has 9 heteroatoms. The van der Waals surface area contributed by atoms with Crippen molar-refractivity contribution in [3.8, 4) is 0 Å². The molecule has 0 aromatic heterocycles. The number of carbonyl (C=O) groups excluding carboxylic acids is 5. The Hall–Kier alpha value is -1.90. The van der Waals surface area contributed by atoms with Crippen LogP contribution in [0.1, 0.15) is 179 Å². The number of rotatable bonds is 17. The molecular weight excluding hydrogens is 639 g/mol. The van der Waals surface area contributed by atoms with Crippen LogP contribution in [0.15, 0.2) is 0 Å². The first-order chi connectivity index (χ1) is 30.4. The normalized spacial score (nSPS) is 38.5. The number of carbonyl (C=O) groups is 5. The van der Waals surface area contributed by atoms with Gasteiger partial charge in [-0.25, -0.2) is 8.42 Å². The van der Waals surface area contributed by atoms with Crippen molar-refractivity contribution in [3.05, 3.63) is 0 Å². The molecule has 0 aromatic carbocycles. The van der Waals surface area contributed by atoms with E-state index in [0.29, 0.717) is 19.8 Å². The van der Waals surface area contributed by atoms with Crippen LogP contribution in [0.3, 0.4) is 0 Å². The highest BCUT2D eigenvalue weighted by Gasteiger charge is 2.69. The van der Waals surface area contributed by atoms with E-state index in [1.807, 2.05) is 0 Å². The summed E-state index contributed by atoms with van der Waals surface area (Å²) in [6.45, 7) is -7.94. The quantitative estimate of drug-likeness (QED) is 0.144. The van der Waals surface area contributed by atoms with Gasteiger partial charge in [-0.05, 0) is 86.8 Å². The predicted molar refractivity (Wildman–Crippen MR) is 192 cm³/mol. The Morgan fingerprint density at radius 1 is 1.04 bits per heavy atom. The van der Waals surface area contributed by atoms with Crippen LogP contribution < -0.4 is 0 Å². The molecule has 278 valence electrons. The third-order valence-electron chi connectivity index (χ3n) is 11.0. The second kappa shape index (κ2) is 14.6. The zero-order chi connectivity index (χ0) is 53.9. The van der Waals surface area contributed by atoms with Gasteiger partial charge >= 0.3 is 0 Å². The lowest BCUT2D eigenvalue weighted by molar-refractivity contribution is -0.148. The largest absolute Gasteiger partial charge is 0.332 e. The molecule has 0 bridgehead atoms. The second-order valence-electron chi connectivity index (χ2n) is 16.0. The Bertz CT molecular complexity index is 2140. The van der Waals surface area contributed by atoms with E-state index in [0.717, 1.165) is 18.7 Å². The number of sulfone groups is 1. The number of Topliss-reactive ketones (excluding diaryl/α,β-unsaturated/α-hetero) is 4. The maximum Gasteiger partial charge on any atom is 0.227 e. The van der Waals surface area contributed by atoms with Crippen LogP contribution in [0.5, 0.6) is 0 Å². The van der Waals surface area contributed by atoms with Gasteiger partial charge in [0.05, 0.1) is 16.5 Å². The molecule has 4 aliphatic rings. The van der Waals surface area contributed by atoms with Crippen LogP contribution in [-0.4, -0.2) is 65.4 Å². The van der Waals surface area contributed by atoms with E-state index < -0.39 is 193 Å². The summed E-state index contributed by atoms with van der Waals surface area (Å²) in [5.74, 6) is -12.8. The first-order valence-corrected chi connectivity index (χ1v) is 18.7. The summed E-state index contributed by atoms with van der Waals surface area (Å²) in [4.78, 5) is 72.4. The van der Waals surface area contributed by atoms with Crippen LogP contribution in [0.4, 0.5) is 0 Å². The molecule has 1 heterocycles. The molecule has 0 aromatic rings. The summed E-state index contributed by atoms with van der Waals surface area (Å²) in [6.07, 6.45) is -19.1. The molecule has 3 unspecified atom stereocenters. The third kappa shape index (κ3) is 9.13. The van der Waals surface area contributed by atoms with Crippen LogP contribution in [-0.2, 0) is 33.8 Å². The van der Waals surface area contributed by atoms with Crippen molar-refractivity contribution in [2.45, 2.75) is 163 Å². The predicted octanol–water partition coefficient (Wildman–Crippen LogP) is 7.35. The smallest absolute Gasteiger partial charge is 0.227 e. The molecule has 4 rings (SSSR count). The molecule has 3 saturated carbocycles. The molecular formula is C40H65NO7S. The van der Waals surface area contributed by atoms with Gasteiger partial charge in [0, 0.05) is 71.5 Å². The Balaban J connectivity index is 1.86. The molecule has 0 spiro atoms. The maximum absolute atomic E-state index is 15.2. The number of nitrogens with zero attached hydrogens (tertiary/aromatic N) is 1. The van der Waals surface area contributed by atoms with Gasteiger partial charge in [-0.2, -0.15) is 0 Å². The van der Waals surface area contributed by atoms with E-state index in [9.17, 15) is 27.6 Å². The lowest BCUT2D eigenvalue weighted by Crippen LogP contribution is -2.51. The summed E-state index contributed by atoms with van der Waals surface area (Å²) in [5.41, 5.74) is -6.69. The lowest BCUT2D eigenvalue weighted by atomic mass is 9.70. The molecule has 8 nitrogen and oxygen atoms in total. The molecule has 3 aliphatic carbocycles. The number of ketones is 4. The average Bonchev–Trinajstić information content (AvgIpc) is 3.98. The van der Waals surface area contributed by atoms with Crippen molar-refractivity contribution < 1.29 is 59.8 Å². The van der Waals surface area contributed by atoms with E-state index in [4.69, 9.17) is 27.4 Å². The second-order valence-corrected chi connectivity index (χ2v) is 18.5. The lowest BCUT2D eigenvalue weighted by Gasteiger charge is -2.40. The number of likely N-dealkylation sites (tertiary alicyclic amines) is 1. The highest BCUT2D eigenvalue weighted by molar-refractivity contribution is 7.92. The van der Waals surface area contributed by atoms with Crippen molar-refractivity contribution in [2.75, 3.05) is 12.3 Å². The summed E-state index contributed by atoms with van der Waals surface area (Å²) in [7, 11) is -5.12. The highest BCUT2D eigenvalue weighted by Crippen LogP contribution is 2.65. The van der Waals surface area contributed by atoms with Gasteiger partial charge in [0.25, 0.3) is 0 Å². The molecule has 0 radical (unpaired) electrons. The molecule has 49 heavy (non-hydrogen) atoms. The fourth-order valence-corrected chi connectivity index (χ4v) is 8.92. The van der Waals surface area contributed by atoms with Crippen molar-refractivity contribution in [1.29, 1.82) is 0 Å². The van der Waals surface area contributed by atoms with Crippen LogP contribution in [0, 0.1) is 45.8 Å². The number of hydrogen-bond acceptors (Lipinski definition) is 7. The summed E-state index contributed by atoms with van der Waals surface area (Å²) in [6, 6.07) is -1.59. The first-order valence-electron chi connectivity index (χ1n) is 27.0. The molecule has 4 fully saturated rings. The van der Waals surface area contributed by atoms with Gasteiger partial charge in [-0.1, -0.05) is 73.3 Å². The molecule has 1 aliphatic heterocycles. The SMILES string of the molecule is [2H]C([2H])([2H])CC([2H])([2H])CC(CC(=O)C1[C@@H]2[C@H](CN1C(=O)[C@@H](CC(=O)CC1(CS(=O)(=O)C(C)(C)C([2H])([2H])[2H])CCC([2H])([2H])C([2H])([2H])C1([2H])[2H])C(C)(C([2H])([2H])[2H])C([2H])([2H])[2H])C2(C)C)C(=O)C(=O)CC1CC1. The first kappa shape index (κ1) is 20.4. The van der Waals surface area contributed by atoms with Gasteiger partial charge in [0.15, 0.2) is 21.4 Å². The van der Waals surface area contributed by atoms with Crippen molar-refractivity contribution in [3.63, 3.8) is 0 Å². The van der Waals surface area contributed by atoms with E-state index in [2.05, 4.69) is 0 Å². The standard InChI is InChI=1S/C40H65NO7S/c1-10-11-15-27(35(45)32(44)20-26-16-17-26)21-31(43)34-33-30(39(33,8)9)24-41(34)36(46)29(37(2,3)4)22-28(42)23-40(18-13-12-14-19-40)25-49(47,48)38(5,6)7/h26-27,29-30,33-34H,10-25H2,1-9H3/t27?,29-,30+,33+,34?/m1/s1/i1D3,2D3,3D3,5D3,11D2,12D2,13D2,18D2/t27?,29-,30+,33+,34?,40?. The highest BCUT2D eigenvalue weighted by atomic mass is 32.2. The zero-order valence-corrected chi connectivity index (χ0v) is 30.0. The Morgan fingerprint density at radius 2 is 1.76 bits per heavy atom. The van der Waals surface area contributed by atoms with Gasteiger partial charge in [0.1, 0.15) is 5.78 Å². The molecule has 6 atom stereocenters. The van der Waals surface area contributed by atoms with Crippen LogP contribution in [0.25, 0.3) is 0 Å². The Kier molecular flexibility index (Phi) is 6.08. The molecule has 1 saturated heterocycles.